The van der Waals surface area contributed by atoms with E-state index in [1.165, 1.54) is 0 Å². The molecule has 0 spiro atoms. The fourth-order valence-corrected chi connectivity index (χ4v) is 5.88. The Morgan fingerprint density at radius 2 is 1.88 bits per heavy atom. The number of fused-ring (bicyclic) bond motifs is 1. The Morgan fingerprint density at radius 3 is 2.59 bits per heavy atom. The second-order valence-electron chi connectivity index (χ2n) is 12.8. The van der Waals surface area contributed by atoms with Crippen molar-refractivity contribution < 1.29 is 28.7 Å². The molecule has 3 amide bonds. The van der Waals surface area contributed by atoms with Crippen molar-refractivity contribution in [2.45, 2.75) is 69.5 Å². The summed E-state index contributed by atoms with van der Waals surface area (Å²) in [4.78, 5) is 44.6. The Morgan fingerprint density at radius 1 is 1.12 bits per heavy atom. The first-order valence-electron chi connectivity index (χ1n) is 15.2. The van der Waals surface area contributed by atoms with Gasteiger partial charge in [-0.25, -0.2) is 0 Å². The molecule has 3 N–H and O–H groups in total. The molecule has 10 heteroatoms. The SMILES string of the molecule is CN(C)CCCCCCNC(=O)[C@@H]1C[C@@H]2C(=O)N[C@@H](CCCC[N+](C)(C)C)C(=O)N2[C@@H]1c1cccc(OCCO)c1. The summed E-state index contributed by atoms with van der Waals surface area (Å²) in [5.74, 6) is -0.423. The second kappa shape index (κ2) is 15.5. The standard InChI is InChI=1S/C31H51N5O5/c1-34(2)17-10-7-6-9-16-32-29(38)25-22-27-30(39)33-26(15-8-11-18-36(3,4)5)31(40)35(27)28(25)23-13-12-14-24(21-23)41-20-19-37/h12-14,21,25-28,37H,6-11,15-20,22H2,1-5H3,(H-,32,33,38,39)/p+1/t25-,26+,27-,28-/m1/s1. The number of nitrogens with zero attached hydrogens (tertiary/aromatic N) is 3. The van der Waals surface area contributed by atoms with Gasteiger partial charge in [0, 0.05) is 6.54 Å². The van der Waals surface area contributed by atoms with E-state index in [9.17, 15) is 19.5 Å². The average Bonchev–Trinajstić information content (AvgIpc) is 3.33. The second-order valence-corrected chi connectivity index (χ2v) is 12.8. The minimum atomic E-state index is -0.682. The highest BCUT2D eigenvalue weighted by Crippen LogP contribution is 2.44. The maximum atomic E-state index is 13.9. The minimum Gasteiger partial charge on any atom is -0.491 e. The molecule has 0 bridgehead atoms. The van der Waals surface area contributed by atoms with E-state index in [1.807, 2.05) is 18.2 Å². The van der Waals surface area contributed by atoms with E-state index in [0.29, 0.717) is 18.7 Å². The highest BCUT2D eigenvalue weighted by Gasteiger charge is 2.54. The van der Waals surface area contributed by atoms with E-state index in [0.717, 1.165) is 61.7 Å². The number of benzene rings is 1. The summed E-state index contributed by atoms with van der Waals surface area (Å²) in [5.41, 5.74) is 0.763. The van der Waals surface area contributed by atoms with Gasteiger partial charge < -0.3 is 34.8 Å². The van der Waals surface area contributed by atoms with Crippen LogP contribution < -0.4 is 15.4 Å². The molecule has 0 radical (unpaired) electrons. The number of carbonyl (C=O) groups is 3. The van der Waals surface area contributed by atoms with Gasteiger partial charge in [0.25, 0.3) is 0 Å². The first-order chi connectivity index (χ1) is 19.5. The minimum absolute atomic E-state index is 0.115. The molecule has 1 aromatic rings. The molecular formula is C31H52N5O5+. The first kappa shape index (κ1) is 32.8. The molecule has 10 nitrogen and oxygen atoms in total. The van der Waals surface area contributed by atoms with Crippen LogP contribution in [0.15, 0.2) is 24.3 Å². The summed E-state index contributed by atoms with van der Waals surface area (Å²) in [5, 5.41) is 15.3. The maximum absolute atomic E-state index is 13.9. The number of carbonyl (C=O) groups excluding carboxylic acids is 3. The van der Waals surface area contributed by atoms with Gasteiger partial charge in [0.1, 0.15) is 24.4 Å². The number of aliphatic hydroxyl groups excluding tert-OH is 1. The molecule has 230 valence electrons. The molecule has 0 saturated carbocycles. The highest BCUT2D eigenvalue weighted by atomic mass is 16.5. The number of quaternary nitrogens is 1. The van der Waals surface area contributed by atoms with Crippen molar-refractivity contribution in [3.05, 3.63) is 29.8 Å². The molecule has 4 atom stereocenters. The molecule has 2 aliphatic heterocycles. The van der Waals surface area contributed by atoms with Crippen LogP contribution in [0.1, 0.15) is 63.0 Å². The zero-order chi connectivity index (χ0) is 30.0. The Balaban J connectivity index is 1.74. The van der Waals surface area contributed by atoms with Crippen LogP contribution in [0.5, 0.6) is 5.75 Å². The van der Waals surface area contributed by atoms with Crippen molar-refractivity contribution >= 4 is 17.7 Å². The van der Waals surface area contributed by atoms with Crippen LogP contribution in [0.25, 0.3) is 0 Å². The quantitative estimate of drug-likeness (QED) is 0.194. The molecule has 0 aromatic heterocycles. The molecule has 0 aliphatic carbocycles. The lowest BCUT2D eigenvalue weighted by molar-refractivity contribution is -0.870. The van der Waals surface area contributed by atoms with Crippen LogP contribution in [0.2, 0.25) is 0 Å². The zero-order valence-corrected chi connectivity index (χ0v) is 25.7. The third kappa shape index (κ3) is 9.68. The van der Waals surface area contributed by atoms with E-state index in [1.54, 1.807) is 11.0 Å². The topological polar surface area (TPSA) is 111 Å². The summed E-state index contributed by atoms with van der Waals surface area (Å²) >= 11 is 0. The van der Waals surface area contributed by atoms with Crippen molar-refractivity contribution in [3.8, 4) is 5.75 Å². The molecule has 3 rings (SSSR count). The summed E-state index contributed by atoms with van der Waals surface area (Å²) in [6, 6.07) is 5.49. The van der Waals surface area contributed by atoms with E-state index in [-0.39, 0.29) is 37.4 Å². The van der Waals surface area contributed by atoms with Crippen molar-refractivity contribution in [2.75, 3.05) is 68.1 Å². The molecule has 2 aliphatic rings. The van der Waals surface area contributed by atoms with Gasteiger partial charge >= 0.3 is 0 Å². The molecule has 41 heavy (non-hydrogen) atoms. The lowest BCUT2D eigenvalue weighted by Gasteiger charge is -2.38. The third-order valence-electron chi connectivity index (χ3n) is 7.96. The number of piperazine rings is 1. The van der Waals surface area contributed by atoms with E-state index in [4.69, 9.17) is 4.74 Å². The first-order valence-corrected chi connectivity index (χ1v) is 15.2. The van der Waals surface area contributed by atoms with Gasteiger partial charge in [-0.3, -0.25) is 14.4 Å². The van der Waals surface area contributed by atoms with Gasteiger partial charge in [-0.05, 0) is 76.9 Å². The number of nitrogens with one attached hydrogen (secondary N) is 2. The number of hydrogen-bond donors (Lipinski definition) is 3. The van der Waals surface area contributed by atoms with Gasteiger partial charge in [-0.1, -0.05) is 25.0 Å². The number of rotatable bonds is 17. The average molecular weight is 575 g/mol. The molecule has 2 fully saturated rings. The Labute approximate surface area is 246 Å². The summed E-state index contributed by atoms with van der Waals surface area (Å²) in [6.07, 6.45) is 6.82. The zero-order valence-electron chi connectivity index (χ0n) is 25.7. The fraction of sp³-hybridized carbons (Fsp3) is 0.710. The lowest BCUT2D eigenvalue weighted by atomic mass is 9.92. The highest BCUT2D eigenvalue weighted by molar-refractivity contribution is 5.99. The maximum Gasteiger partial charge on any atom is 0.246 e. The van der Waals surface area contributed by atoms with Gasteiger partial charge in [-0.2, -0.15) is 0 Å². The van der Waals surface area contributed by atoms with Crippen LogP contribution in [-0.4, -0.2) is 117 Å². The smallest absolute Gasteiger partial charge is 0.246 e. The molecule has 0 unspecified atom stereocenters. The number of ether oxygens (including phenoxy) is 1. The van der Waals surface area contributed by atoms with Crippen LogP contribution in [0.4, 0.5) is 0 Å². The van der Waals surface area contributed by atoms with Crippen LogP contribution in [0.3, 0.4) is 0 Å². The predicted octanol–water partition coefficient (Wildman–Crippen LogP) is 1.93. The summed E-state index contributed by atoms with van der Waals surface area (Å²) in [6.45, 7) is 2.65. The van der Waals surface area contributed by atoms with E-state index in [2.05, 4.69) is 50.8 Å². The van der Waals surface area contributed by atoms with Gasteiger partial charge in [-0.15, -0.1) is 0 Å². The van der Waals surface area contributed by atoms with Crippen LogP contribution >= 0.6 is 0 Å². The molecular weight excluding hydrogens is 522 g/mol. The number of amides is 3. The summed E-state index contributed by atoms with van der Waals surface area (Å²) < 4.78 is 6.49. The Bertz CT molecular complexity index is 1010. The van der Waals surface area contributed by atoms with Crippen LogP contribution in [-0.2, 0) is 14.4 Å². The van der Waals surface area contributed by atoms with Gasteiger partial charge in [0.05, 0.1) is 46.3 Å². The molecule has 1 aromatic carbocycles. The Kier molecular flexibility index (Phi) is 12.4. The largest absolute Gasteiger partial charge is 0.491 e. The molecule has 2 heterocycles. The van der Waals surface area contributed by atoms with Gasteiger partial charge in [0.2, 0.25) is 17.7 Å². The van der Waals surface area contributed by atoms with Crippen molar-refractivity contribution in [1.82, 2.24) is 20.4 Å². The summed E-state index contributed by atoms with van der Waals surface area (Å²) in [7, 11) is 10.6. The number of aliphatic hydroxyl groups is 1. The Hall–Kier alpha value is -2.69. The van der Waals surface area contributed by atoms with E-state index >= 15 is 0 Å². The molecule has 2 saturated heterocycles. The fourth-order valence-electron chi connectivity index (χ4n) is 5.88. The van der Waals surface area contributed by atoms with E-state index < -0.39 is 24.0 Å². The van der Waals surface area contributed by atoms with Crippen molar-refractivity contribution in [3.63, 3.8) is 0 Å². The lowest BCUT2D eigenvalue weighted by Crippen LogP contribution is -2.61. The number of hydrogen-bond acceptors (Lipinski definition) is 6. The van der Waals surface area contributed by atoms with Crippen molar-refractivity contribution in [2.24, 2.45) is 5.92 Å². The number of unbranched alkanes of at least 4 members (excludes halogenated alkanes) is 4. The monoisotopic (exact) mass is 574 g/mol. The predicted molar refractivity (Wildman–Crippen MR) is 159 cm³/mol. The normalized spacial score (nSPS) is 22.6. The van der Waals surface area contributed by atoms with Crippen LogP contribution in [0, 0.1) is 5.92 Å². The third-order valence-corrected chi connectivity index (χ3v) is 7.96. The van der Waals surface area contributed by atoms with Gasteiger partial charge in [0.15, 0.2) is 0 Å². The van der Waals surface area contributed by atoms with Crippen molar-refractivity contribution in [1.29, 1.82) is 0 Å².